The van der Waals surface area contributed by atoms with Crippen LogP contribution in [0.15, 0.2) is 18.2 Å². The number of halogens is 1. The summed E-state index contributed by atoms with van der Waals surface area (Å²) >= 11 is 0. The van der Waals surface area contributed by atoms with Gasteiger partial charge in [0.05, 0.1) is 4.92 Å². The van der Waals surface area contributed by atoms with Crippen LogP contribution in [-0.4, -0.2) is 41.4 Å². The zero-order chi connectivity index (χ0) is 16.1. The number of nitro benzene ring substituents is 1. The van der Waals surface area contributed by atoms with E-state index in [1.807, 2.05) is 11.8 Å². The highest BCUT2D eigenvalue weighted by Crippen LogP contribution is 2.21. The molecule has 1 saturated heterocycles. The lowest BCUT2D eigenvalue weighted by Gasteiger charge is -2.34. The summed E-state index contributed by atoms with van der Waals surface area (Å²) < 4.78 is 0. The Kier molecular flexibility index (Phi) is 7.45. The van der Waals surface area contributed by atoms with Crippen LogP contribution in [0, 0.1) is 17.0 Å². The number of carbonyl (C=O) groups excluding carboxylic acids is 1. The molecule has 23 heavy (non-hydrogen) atoms. The van der Waals surface area contributed by atoms with Crippen LogP contribution >= 0.6 is 12.4 Å². The van der Waals surface area contributed by atoms with Gasteiger partial charge in [-0.1, -0.05) is 6.92 Å². The van der Waals surface area contributed by atoms with Crippen LogP contribution in [0.5, 0.6) is 0 Å². The fourth-order valence-electron chi connectivity index (χ4n) is 2.97. The number of hydrogen-bond acceptors (Lipinski definition) is 4. The first-order chi connectivity index (χ1) is 10.5. The average molecular weight is 342 g/mol. The predicted octanol–water partition coefficient (Wildman–Crippen LogP) is 2.93. The quantitative estimate of drug-likeness (QED) is 0.660. The third-order valence-corrected chi connectivity index (χ3v) is 3.99. The van der Waals surface area contributed by atoms with Gasteiger partial charge in [0.2, 0.25) is 0 Å². The SMILES string of the molecule is CCCN(C(=O)c1cc(C)cc([N+](=O)[O-])c1)C1CCNCC1.Cl. The number of benzene rings is 1. The van der Waals surface area contributed by atoms with Gasteiger partial charge < -0.3 is 10.2 Å². The molecule has 6 nitrogen and oxygen atoms in total. The van der Waals surface area contributed by atoms with Gasteiger partial charge in [-0.05, 0) is 50.9 Å². The maximum absolute atomic E-state index is 12.8. The normalized spacial score (nSPS) is 14.9. The molecule has 0 aromatic heterocycles. The van der Waals surface area contributed by atoms with E-state index in [2.05, 4.69) is 5.32 Å². The third-order valence-electron chi connectivity index (χ3n) is 3.99. The fourth-order valence-corrected chi connectivity index (χ4v) is 2.97. The number of nitrogens with zero attached hydrogens (tertiary/aromatic N) is 2. The van der Waals surface area contributed by atoms with Crippen molar-refractivity contribution in [3.63, 3.8) is 0 Å². The summed E-state index contributed by atoms with van der Waals surface area (Å²) in [7, 11) is 0. The van der Waals surface area contributed by atoms with Crippen LogP contribution in [0.1, 0.15) is 42.1 Å². The van der Waals surface area contributed by atoms with Gasteiger partial charge in [0, 0.05) is 30.3 Å². The minimum atomic E-state index is -0.446. The molecule has 0 spiro atoms. The summed E-state index contributed by atoms with van der Waals surface area (Å²) in [6, 6.07) is 4.83. The molecule has 0 unspecified atom stereocenters. The topological polar surface area (TPSA) is 75.5 Å². The lowest BCUT2D eigenvalue weighted by atomic mass is 10.0. The second kappa shape index (κ2) is 8.84. The van der Waals surface area contributed by atoms with Crippen molar-refractivity contribution in [1.29, 1.82) is 0 Å². The molecule has 1 aromatic carbocycles. The number of non-ortho nitro benzene ring substituents is 1. The maximum atomic E-state index is 12.8. The molecular weight excluding hydrogens is 318 g/mol. The van der Waals surface area contributed by atoms with Crippen LogP contribution in [0.2, 0.25) is 0 Å². The fraction of sp³-hybridized carbons (Fsp3) is 0.562. The molecule has 1 heterocycles. The highest BCUT2D eigenvalue weighted by molar-refractivity contribution is 5.95. The summed E-state index contributed by atoms with van der Waals surface area (Å²) in [6.07, 6.45) is 2.74. The summed E-state index contributed by atoms with van der Waals surface area (Å²) in [4.78, 5) is 25.3. The number of hydrogen-bond donors (Lipinski definition) is 1. The number of nitro groups is 1. The van der Waals surface area contributed by atoms with Crippen molar-refractivity contribution < 1.29 is 9.72 Å². The van der Waals surface area contributed by atoms with Crippen molar-refractivity contribution >= 4 is 24.0 Å². The Hall–Kier alpha value is -1.66. The van der Waals surface area contributed by atoms with Crippen LogP contribution in [-0.2, 0) is 0 Å². The Morgan fingerprint density at radius 2 is 2.00 bits per heavy atom. The lowest BCUT2D eigenvalue weighted by Crippen LogP contribution is -2.46. The van der Waals surface area contributed by atoms with Gasteiger partial charge in [-0.2, -0.15) is 0 Å². The first-order valence-electron chi connectivity index (χ1n) is 7.80. The van der Waals surface area contributed by atoms with Crippen LogP contribution in [0.25, 0.3) is 0 Å². The monoisotopic (exact) mass is 341 g/mol. The number of aryl methyl sites for hydroxylation is 1. The van der Waals surface area contributed by atoms with E-state index >= 15 is 0 Å². The van der Waals surface area contributed by atoms with Crippen LogP contribution in [0.4, 0.5) is 5.69 Å². The maximum Gasteiger partial charge on any atom is 0.270 e. The van der Waals surface area contributed by atoms with E-state index in [-0.39, 0.29) is 30.0 Å². The highest BCUT2D eigenvalue weighted by atomic mass is 35.5. The Morgan fingerprint density at radius 3 is 2.57 bits per heavy atom. The number of nitrogens with one attached hydrogen (secondary N) is 1. The lowest BCUT2D eigenvalue weighted by molar-refractivity contribution is -0.384. The zero-order valence-electron chi connectivity index (χ0n) is 13.6. The Morgan fingerprint density at radius 1 is 1.35 bits per heavy atom. The van der Waals surface area contributed by atoms with E-state index in [0.29, 0.717) is 12.1 Å². The van der Waals surface area contributed by atoms with E-state index in [0.717, 1.165) is 37.9 Å². The van der Waals surface area contributed by atoms with E-state index in [1.54, 1.807) is 13.0 Å². The number of carbonyl (C=O) groups is 1. The van der Waals surface area contributed by atoms with Crippen molar-refractivity contribution in [3.8, 4) is 0 Å². The molecule has 7 heteroatoms. The standard InChI is InChI=1S/C16H23N3O3.ClH/c1-3-8-18(14-4-6-17-7-5-14)16(20)13-9-12(2)10-15(11-13)19(21)22;/h9-11,14,17H,3-8H2,1-2H3;1H. The van der Waals surface area contributed by atoms with Crippen molar-refractivity contribution in [2.24, 2.45) is 0 Å². The molecule has 1 fully saturated rings. The predicted molar refractivity (Wildman–Crippen MR) is 92.3 cm³/mol. The van der Waals surface area contributed by atoms with Crippen molar-refractivity contribution in [2.75, 3.05) is 19.6 Å². The Bertz CT molecular complexity index is 560. The summed E-state index contributed by atoms with van der Waals surface area (Å²) in [6.45, 7) is 6.32. The van der Waals surface area contributed by atoms with Gasteiger partial charge in [0.25, 0.3) is 11.6 Å². The van der Waals surface area contributed by atoms with Crippen LogP contribution < -0.4 is 5.32 Å². The minimum absolute atomic E-state index is 0. The molecule has 1 aliphatic rings. The molecule has 1 amide bonds. The Balaban J connectivity index is 0.00000264. The zero-order valence-corrected chi connectivity index (χ0v) is 14.4. The van der Waals surface area contributed by atoms with E-state index in [4.69, 9.17) is 0 Å². The van der Waals surface area contributed by atoms with Crippen LogP contribution in [0.3, 0.4) is 0 Å². The molecule has 1 aromatic rings. The van der Waals surface area contributed by atoms with Crippen molar-refractivity contribution in [1.82, 2.24) is 10.2 Å². The van der Waals surface area contributed by atoms with Crippen molar-refractivity contribution in [3.05, 3.63) is 39.4 Å². The summed E-state index contributed by atoms with van der Waals surface area (Å²) in [5.41, 5.74) is 1.13. The molecule has 2 rings (SSSR count). The molecule has 0 bridgehead atoms. The molecule has 128 valence electrons. The average Bonchev–Trinajstić information content (AvgIpc) is 2.52. The first kappa shape index (κ1) is 19.4. The number of rotatable bonds is 5. The summed E-state index contributed by atoms with van der Waals surface area (Å²) in [5, 5.41) is 14.3. The molecule has 0 radical (unpaired) electrons. The van der Waals surface area contributed by atoms with Gasteiger partial charge in [-0.15, -0.1) is 12.4 Å². The van der Waals surface area contributed by atoms with Gasteiger partial charge in [0.1, 0.15) is 0 Å². The summed E-state index contributed by atoms with van der Waals surface area (Å²) in [5.74, 6) is -0.0967. The van der Waals surface area contributed by atoms with Gasteiger partial charge in [0.15, 0.2) is 0 Å². The van der Waals surface area contributed by atoms with Gasteiger partial charge in [-0.25, -0.2) is 0 Å². The molecule has 1 N–H and O–H groups in total. The number of piperidine rings is 1. The second-order valence-electron chi connectivity index (χ2n) is 5.79. The largest absolute Gasteiger partial charge is 0.336 e. The van der Waals surface area contributed by atoms with E-state index in [1.165, 1.54) is 12.1 Å². The van der Waals surface area contributed by atoms with Gasteiger partial charge >= 0.3 is 0 Å². The minimum Gasteiger partial charge on any atom is -0.336 e. The molecule has 1 aliphatic heterocycles. The number of amides is 1. The van der Waals surface area contributed by atoms with Crippen molar-refractivity contribution in [2.45, 2.75) is 39.2 Å². The molecule has 0 atom stereocenters. The Labute approximate surface area is 142 Å². The molecule has 0 aliphatic carbocycles. The second-order valence-corrected chi connectivity index (χ2v) is 5.79. The first-order valence-corrected chi connectivity index (χ1v) is 7.80. The molecular formula is C16H24ClN3O3. The van der Waals surface area contributed by atoms with E-state index < -0.39 is 4.92 Å². The highest BCUT2D eigenvalue weighted by Gasteiger charge is 2.26. The van der Waals surface area contributed by atoms with Gasteiger partial charge in [-0.3, -0.25) is 14.9 Å². The third kappa shape index (κ3) is 4.91. The smallest absolute Gasteiger partial charge is 0.270 e. The molecule has 0 saturated carbocycles. The van der Waals surface area contributed by atoms with E-state index in [9.17, 15) is 14.9 Å².